The molecule has 0 saturated carbocycles. The van der Waals surface area contributed by atoms with Crippen molar-refractivity contribution in [3.05, 3.63) is 60.3 Å². The molecule has 6 heteroatoms. The third-order valence-electron chi connectivity index (χ3n) is 4.23. The second-order valence-corrected chi connectivity index (χ2v) is 6.16. The molecule has 5 nitrogen and oxygen atoms in total. The van der Waals surface area contributed by atoms with Crippen molar-refractivity contribution in [1.82, 2.24) is 9.97 Å². The Balaban J connectivity index is 1.46. The number of benzene rings is 1. The summed E-state index contributed by atoms with van der Waals surface area (Å²) in [5, 5.41) is 0.767. The van der Waals surface area contributed by atoms with Gasteiger partial charge < -0.3 is 14.2 Å². The molecule has 0 amide bonds. The molecular formula is C18H17ClN4O. The van der Waals surface area contributed by atoms with Gasteiger partial charge in [-0.1, -0.05) is 11.6 Å². The van der Waals surface area contributed by atoms with Crippen molar-refractivity contribution in [3.8, 4) is 11.3 Å². The van der Waals surface area contributed by atoms with Gasteiger partial charge >= 0.3 is 0 Å². The molecule has 1 saturated heterocycles. The Morgan fingerprint density at radius 1 is 0.917 bits per heavy atom. The summed E-state index contributed by atoms with van der Waals surface area (Å²) in [5.41, 5.74) is 2.99. The van der Waals surface area contributed by atoms with Gasteiger partial charge in [-0.25, -0.2) is 4.98 Å². The summed E-state index contributed by atoms with van der Waals surface area (Å²) in [6.07, 6.45) is 6.92. The first-order valence-electron chi connectivity index (χ1n) is 7.90. The summed E-state index contributed by atoms with van der Waals surface area (Å²) >= 11 is 5.96. The van der Waals surface area contributed by atoms with Gasteiger partial charge in [-0.15, -0.1) is 0 Å². The van der Waals surface area contributed by atoms with Gasteiger partial charge in [0.2, 0.25) is 0 Å². The van der Waals surface area contributed by atoms with Crippen molar-refractivity contribution in [2.45, 2.75) is 0 Å². The fourth-order valence-electron chi connectivity index (χ4n) is 2.90. The minimum absolute atomic E-state index is 0.767. The number of piperazine rings is 1. The van der Waals surface area contributed by atoms with Crippen LogP contribution in [-0.4, -0.2) is 36.1 Å². The second kappa shape index (κ2) is 6.53. The zero-order valence-electron chi connectivity index (χ0n) is 13.1. The molecule has 24 heavy (non-hydrogen) atoms. The number of hydrogen-bond donors (Lipinski definition) is 0. The second-order valence-electron chi connectivity index (χ2n) is 5.73. The van der Waals surface area contributed by atoms with Crippen molar-refractivity contribution in [3.63, 3.8) is 0 Å². The minimum Gasteiger partial charge on any atom is -0.472 e. The maximum atomic E-state index is 5.96. The molecular weight excluding hydrogens is 324 g/mol. The van der Waals surface area contributed by atoms with Crippen LogP contribution < -0.4 is 9.80 Å². The molecule has 2 aromatic heterocycles. The summed E-state index contributed by atoms with van der Waals surface area (Å²) in [7, 11) is 0. The van der Waals surface area contributed by atoms with Gasteiger partial charge in [0.25, 0.3) is 0 Å². The normalized spacial score (nSPS) is 14.9. The van der Waals surface area contributed by atoms with Crippen LogP contribution in [0.25, 0.3) is 11.3 Å². The molecule has 0 atom stereocenters. The quantitative estimate of drug-likeness (QED) is 0.727. The molecule has 0 N–H and O–H groups in total. The number of hydrogen-bond acceptors (Lipinski definition) is 5. The highest BCUT2D eigenvalue weighted by Crippen LogP contribution is 2.23. The highest BCUT2D eigenvalue weighted by Gasteiger charge is 2.19. The monoisotopic (exact) mass is 340 g/mol. The molecule has 0 radical (unpaired) electrons. The van der Waals surface area contributed by atoms with Crippen molar-refractivity contribution in [2.24, 2.45) is 0 Å². The van der Waals surface area contributed by atoms with Gasteiger partial charge in [-0.3, -0.25) is 4.98 Å². The van der Waals surface area contributed by atoms with Gasteiger partial charge in [0, 0.05) is 42.5 Å². The third kappa shape index (κ3) is 3.08. The lowest BCUT2D eigenvalue weighted by Gasteiger charge is -2.36. The fraction of sp³-hybridized carbons (Fsp3) is 0.222. The van der Waals surface area contributed by atoms with Crippen LogP contribution in [0.1, 0.15) is 0 Å². The Labute approximate surface area is 145 Å². The van der Waals surface area contributed by atoms with E-state index in [1.54, 1.807) is 18.7 Å². The SMILES string of the molecule is Clc1ccc(N2CCN(c3cncc(-c4ccoc4)n3)CC2)cc1. The molecule has 1 aliphatic heterocycles. The van der Waals surface area contributed by atoms with Gasteiger partial charge in [-0.2, -0.15) is 0 Å². The highest BCUT2D eigenvalue weighted by atomic mass is 35.5. The van der Waals surface area contributed by atoms with E-state index < -0.39 is 0 Å². The van der Waals surface area contributed by atoms with Crippen LogP contribution in [-0.2, 0) is 0 Å². The average Bonchev–Trinajstić information content (AvgIpc) is 3.17. The zero-order chi connectivity index (χ0) is 16.4. The third-order valence-corrected chi connectivity index (χ3v) is 4.49. The van der Waals surface area contributed by atoms with Crippen LogP contribution in [0.5, 0.6) is 0 Å². The Hall–Kier alpha value is -2.53. The number of nitrogens with zero attached hydrogens (tertiary/aromatic N) is 4. The minimum atomic E-state index is 0.767. The molecule has 1 fully saturated rings. The first-order valence-corrected chi connectivity index (χ1v) is 8.27. The van der Waals surface area contributed by atoms with E-state index in [2.05, 4.69) is 26.9 Å². The van der Waals surface area contributed by atoms with E-state index in [0.29, 0.717) is 0 Å². The number of rotatable bonds is 3. The lowest BCUT2D eigenvalue weighted by molar-refractivity contribution is 0.568. The topological polar surface area (TPSA) is 45.4 Å². The first-order chi connectivity index (χ1) is 11.8. The molecule has 3 heterocycles. The van der Waals surface area contributed by atoms with Gasteiger partial charge in [0.1, 0.15) is 5.82 Å². The van der Waals surface area contributed by atoms with E-state index in [1.165, 1.54) is 5.69 Å². The Morgan fingerprint density at radius 3 is 2.38 bits per heavy atom. The predicted molar refractivity (Wildman–Crippen MR) is 95.6 cm³/mol. The lowest BCUT2D eigenvalue weighted by atomic mass is 10.2. The van der Waals surface area contributed by atoms with Crippen LogP contribution in [0, 0.1) is 0 Å². The number of furan rings is 1. The van der Waals surface area contributed by atoms with Crippen LogP contribution in [0.15, 0.2) is 59.7 Å². The molecule has 0 aliphatic carbocycles. The smallest absolute Gasteiger partial charge is 0.147 e. The van der Waals surface area contributed by atoms with Crippen LogP contribution >= 0.6 is 11.6 Å². The fourth-order valence-corrected chi connectivity index (χ4v) is 3.03. The molecule has 1 aliphatic rings. The summed E-state index contributed by atoms with van der Waals surface area (Å²) < 4.78 is 5.13. The van der Waals surface area contributed by atoms with Crippen LogP contribution in [0.4, 0.5) is 11.5 Å². The van der Waals surface area contributed by atoms with Crippen molar-refractivity contribution < 1.29 is 4.42 Å². The van der Waals surface area contributed by atoms with Crippen molar-refractivity contribution >= 4 is 23.1 Å². The summed E-state index contributed by atoms with van der Waals surface area (Å²) in [6.45, 7) is 3.71. The lowest BCUT2D eigenvalue weighted by Crippen LogP contribution is -2.46. The molecule has 0 spiro atoms. The molecule has 4 rings (SSSR count). The number of aromatic nitrogens is 2. The standard InChI is InChI=1S/C18H17ClN4O/c19-15-1-3-16(4-2-15)22-6-8-23(9-7-22)18-12-20-11-17(21-18)14-5-10-24-13-14/h1-5,10-13H,6-9H2. The van der Waals surface area contributed by atoms with Gasteiger partial charge in [-0.05, 0) is 30.3 Å². The summed E-state index contributed by atoms with van der Waals surface area (Å²) in [4.78, 5) is 13.7. The first kappa shape index (κ1) is 15.0. The molecule has 0 unspecified atom stereocenters. The average molecular weight is 341 g/mol. The largest absolute Gasteiger partial charge is 0.472 e. The zero-order valence-corrected chi connectivity index (χ0v) is 13.9. The van der Waals surface area contributed by atoms with Crippen molar-refractivity contribution in [2.75, 3.05) is 36.0 Å². The van der Waals surface area contributed by atoms with E-state index in [4.69, 9.17) is 21.0 Å². The maximum absolute atomic E-state index is 5.96. The summed E-state index contributed by atoms with van der Waals surface area (Å²) in [5.74, 6) is 0.907. The Morgan fingerprint density at radius 2 is 1.67 bits per heavy atom. The van der Waals surface area contributed by atoms with Crippen molar-refractivity contribution in [1.29, 1.82) is 0 Å². The van der Waals surface area contributed by atoms with Gasteiger partial charge in [0.05, 0.1) is 30.6 Å². The van der Waals surface area contributed by atoms with E-state index in [9.17, 15) is 0 Å². The van der Waals surface area contributed by atoms with E-state index in [-0.39, 0.29) is 0 Å². The Bertz CT molecular complexity index is 796. The molecule has 3 aromatic rings. The summed E-state index contributed by atoms with van der Waals surface area (Å²) in [6, 6.07) is 9.90. The Kier molecular flexibility index (Phi) is 4.09. The molecule has 0 bridgehead atoms. The van der Waals surface area contributed by atoms with Crippen LogP contribution in [0.2, 0.25) is 5.02 Å². The van der Waals surface area contributed by atoms with E-state index >= 15 is 0 Å². The van der Waals surface area contributed by atoms with E-state index in [1.807, 2.05) is 24.4 Å². The molecule has 122 valence electrons. The predicted octanol–water partition coefficient (Wildman–Crippen LogP) is 3.72. The highest BCUT2D eigenvalue weighted by molar-refractivity contribution is 6.30. The molecule has 1 aromatic carbocycles. The maximum Gasteiger partial charge on any atom is 0.147 e. The number of anilines is 2. The number of halogens is 1. The van der Waals surface area contributed by atoms with E-state index in [0.717, 1.165) is 48.3 Å². The van der Waals surface area contributed by atoms with Gasteiger partial charge in [0.15, 0.2) is 0 Å². The van der Waals surface area contributed by atoms with Crippen LogP contribution in [0.3, 0.4) is 0 Å².